The number of thioether (sulfide) groups is 1. The van der Waals surface area contributed by atoms with E-state index < -0.39 is 0 Å². The minimum Gasteiger partial charge on any atom is -0.364 e. The summed E-state index contributed by atoms with van der Waals surface area (Å²) in [5.41, 5.74) is 0. The first-order valence-electron chi connectivity index (χ1n) is 4.54. The van der Waals surface area contributed by atoms with E-state index in [4.69, 9.17) is 4.74 Å². The van der Waals surface area contributed by atoms with E-state index in [0.717, 1.165) is 24.7 Å². The summed E-state index contributed by atoms with van der Waals surface area (Å²) in [6.07, 6.45) is 3.49. The van der Waals surface area contributed by atoms with Crippen LogP contribution in [-0.4, -0.2) is 16.8 Å². The van der Waals surface area contributed by atoms with E-state index >= 15 is 0 Å². The van der Waals surface area contributed by atoms with Crippen molar-refractivity contribution in [3.05, 3.63) is 0 Å². The molecule has 0 radical (unpaired) electrons. The molecule has 1 rings (SSSR count). The lowest BCUT2D eigenvalue weighted by molar-refractivity contribution is 0.0102. The zero-order valence-corrected chi connectivity index (χ0v) is 8.54. The summed E-state index contributed by atoms with van der Waals surface area (Å²) in [5.74, 6) is 0. The summed E-state index contributed by atoms with van der Waals surface area (Å²) in [5, 5.41) is 0.781. The van der Waals surface area contributed by atoms with E-state index in [1.807, 2.05) is 11.8 Å². The quantitative estimate of drug-likeness (QED) is 0.636. The van der Waals surface area contributed by atoms with Gasteiger partial charge < -0.3 is 4.74 Å². The van der Waals surface area contributed by atoms with Gasteiger partial charge in [-0.1, -0.05) is 20.8 Å². The highest BCUT2D eigenvalue weighted by Gasteiger charge is 2.33. The van der Waals surface area contributed by atoms with Gasteiger partial charge in [0.05, 0.1) is 0 Å². The predicted octanol–water partition coefficient (Wildman–Crippen LogP) is 3.04. The van der Waals surface area contributed by atoms with Gasteiger partial charge >= 0.3 is 0 Å². The van der Waals surface area contributed by atoms with Crippen LogP contribution in [0.15, 0.2) is 0 Å². The molecule has 1 unspecified atom stereocenters. The molecule has 0 bridgehead atoms. The van der Waals surface area contributed by atoms with Crippen LogP contribution in [0.25, 0.3) is 0 Å². The molecule has 0 aromatic heterocycles. The van der Waals surface area contributed by atoms with Crippen molar-refractivity contribution in [1.29, 1.82) is 0 Å². The van der Waals surface area contributed by atoms with Crippen molar-refractivity contribution >= 4 is 11.8 Å². The van der Waals surface area contributed by atoms with Gasteiger partial charge in [-0.15, -0.1) is 11.8 Å². The zero-order chi connectivity index (χ0) is 8.32. The lowest BCUT2D eigenvalue weighted by Gasteiger charge is -2.38. The fourth-order valence-electron chi connectivity index (χ4n) is 1.49. The van der Waals surface area contributed by atoms with Gasteiger partial charge in [-0.05, 0) is 19.3 Å². The summed E-state index contributed by atoms with van der Waals surface area (Å²) in [6.45, 7) is 7.69. The molecule has 1 nitrogen and oxygen atoms in total. The van der Waals surface area contributed by atoms with Crippen LogP contribution in [0, 0.1) is 0 Å². The first kappa shape index (κ1) is 9.40. The molecule has 0 aliphatic carbocycles. The van der Waals surface area contributed by atoms with Gasteiger partial charge in [0.15, 0.2) is 0 Å². The molecule has 1 aliphatic heterocycles. The van der Waals surface area contributed by atoms with E-state index in [1.54, 1.807) is 0 Å². The lowest BCUT2D eigenvalue weighted by Crippen LogP contribution is -2.34. The Morgan fingerprint density at radius 1 is 1.45 bits per heavy atom. The third kappa shape index (κ3) is 2.12. The van der Waals surface area contributed by atoms with Crippen molar-refractivity contribution < 1.29 is 4.74 Å². The Balaban J connectivity index is 2.52. The maximum Gasteiger partial charge on any atom is 0.113 e. The van der Waals surface area contributed by atoms with Gasteiger partial charge in [0.1, 0.15) is 4.93 Å². The van der Waals surface area contributed by atoms with Gasteiger partial charge in [-0.3, -0.25) is 0 Å². The van der Waals surface area contributed by atoms with Crippen molar-refractivity contribution in [2.75, 3.05) is 6.61 Å². The van der Waals surface area contributed by atoms with Crippen LogP contribution in [0.5, 0.6) is 0 Å². The molecule has 2 heteroatoms. The maximum absolute atomic E-state index is 5.80. The van der Waals surface area contributed by atoms with Gasteiger partial charge in [0, 0.05) is 11.9 Å². The van der Waals surface area contributed by atoms with Gasteiger partial charge in [-0.2, -0.15) is 0 Å². The summed E-state index contributed by atoms with van der Waals surface area (Å²) in [6, 6.07) is 0. The van der Waals surface area contributed by atoms with Crippen LogP contribution in [0.4, 0.5) is 0 Å². The smallest absolute Gasteiger partial charge is 0.113 e. The largest absolute Gasteiger partial charge is 0.364 e. The third-order valence-corrected chi connectivity index (χ3v) is 4.15. The predicted molar refractivity (Wildman–Crippen MR) is 50.9 cm³/mol. The number of rotatable bonds is 2. The van der Waals surface area contributed by atoms with Crippen LogP contribution < -0.4 is 0 Å². The summed E-state index contributed by atoms with van der Waals surface area (Å²) in [4.78, 5) is 0.150. The van der Waals surface area contributed by atoms with Crippen molar-refractivity contribution in [2.24, 2.45) is 0 Å². The van der Waals surface area contributed by atoms with Crippen LogP contribution in [0.2, 0.25) is 0 Å². The summed E-state index contributed by atoms with van der Waals surface area (Å²) < 4.78 is 5.80. The van der Waals surface area contributed by atoms with Crippen LogP contribution in [-0.2, 0) is 4.74 Å². The second kappa shape index (κ2) is 3.81. The monoisotopic (exact) mass is 174 g/mol. The normalized spacial score (nSPS) is 30.3. The fraction of sp³-hybridized carbons (Fsp3) is 1.00. The minimum absolute atomic E-state index is 0.150. The highest BCUT2D eigenvalue weighted by Crippen LogP contribution is 2.41. The van der Waals surface area contributed by atoms with Crippen molar-refractivity contribution in [3.8, 4) is 0 Å². The van der Waals surface area contributed by atoms with Crippen LogP contribution in [0.3, 0.4) is 0 Å². The number of hydrogen-bond acceptors (Lipinski definition) is 2. The first-order valence-corrected chi connectivity index (χ1v) is 5.42. The molecule has 1 atom stereocenters. The average molecular weight is 174 g/mol. The fourth-order valence-corrected chi connectivity index (χ4v) is 2.92. The molecule has 0 spiro atoms. The highest BCUT2D eigenvalue weighted by molar-refractivity contribution is 8.01. The molecule has 0 aromatic carbocycles. The Kier molecular flexibility index (Phi) is 3.26. The summed E-state index contributed by atoms with van der Waals surface area (Å²) in [7, 11) is 0. The molecular formula is C9H18OS. The van der Waals surface area contributed by atoms with Gasteiger partial charge in [0.25, 0.3) is 0 Å². The van der Waals surface area contributed by atoms with Crippen LogP contribution >= 0.6 is 11.8 Å². The van der Waals surface area contributed by atoms with Crippen molar-refractivity contribution in [1.82, 2.24) is 0 Å². The Morgan fingerprint density at radius 3 is 2.45 bits per heavy atom. The Morgan fingerprint density at radius 2 is 2.09 bits per heavy atom. The van der Waals surface area contributed by atoms with Crippen molar-refractivity contribution in [3.63, 3.8) is 0 Å². The molecule has 0 saturated carbocycles. The lowest BCUT2D eigenvalue weighted by atomic mass is 10.2. The van der Waals surface area contributed by atoms with E-state index in [1.165, 1.54) is 6.42 Å². The average Bonchev–Trinajstić information content (AvgIpc) is 2.04. The standard InChI is InChI=1S/C9H18OS/c1-4-9(5-2)10-7-6-8(3)11-9/h8H,4-7H2,1-3H3. The topological polar surface area (TPSA) is 9.23 Å². The molecule has 1 heterocycles. The molecule has 0 N–H and O–H groups in total. The summed E-state index contributed by atoms with van der Waals surface area (Å²) >= 11 is 2.01. The Labute approximate surface area is 73.9 Å². The van der Waals surface area contributed by atoms with E-state index in [9.17, 15) is 0 Å². The number of hydrogen-bond donors (Lipinski definition) is 0. The minimum atomic E-state index is 0.150. The molecule has 0 amide bonds. The van der Waals surface area contributed by atoms with E-state index in [-0.39, 0.29) is 4.93 Å². The first-order chi connectivity index (χ1) is 5.22. The Bertz CT molecular complexity index is 121. The van der Waals surface area contributed by atoms with Gasteiger partial charge in [0.2, 0.25) is 0 Å². The van der Waals surface area contributed by atoms with Crippen LogP contribution in [0.1, 0.15) is 40.0 Å². The Hall–Kier alpha value is 0.310. The van der Waals surface area contributed by atoms with Crippen molar-refractivity contribution in [2.45, 2.75) is 50.2 Å². The molecule has 1 aliphatic rings. The SMILES string of the molecule is CCC1(CC)OCCC(C)S1. The van der Waals surface area contributed by atoms with E-state index in [2.05, 4.69) is 20.8 Å². The van der Waals surface area contributed by atoms with E-state index in [0.29, 0.717) is 0 Å². The zero-order valence-electron chi connectivity index (χ0n) is 7.72. The molecular weight excluding hydrogens is 156 g/mol. The molecule has 1 saturated heterocycles. The highest BCUT2D eigenvalue weighted by atomic mass is 32.2. The second-order valence-corrected chi connectivity index (χ2v) is 4.97. The molecule has 66 valence electrons. The number of ether oxygens (including phenoxy) is 1. The molecule has 1 fully saturated rings. The molecule has 11 heavy (non-hydrogen) atoms. The third-order valence-electron chi connectivity index (χ3n) is 2.38. The maximum atomic E-state index is 5.80. The van der Waals surface area contributed by atoms with Gasteiger partial charge in [-0.25, -0.2) is 0 Å². The second-order valence-electron chi connectivity index (χ2n) is 3.18. The molecule has 0 aromatic rings.